The van der Waals surface area contributed by atoms with Gasteiger partial charge >= 0.3 is 0 Å². The van der Waals surface area contributed by atoms with E-state index < -0.39 is 0 Å². The lowest BCUT2D eigenvalue weighted by Crippen LogP contribution is -2.19. The maximum atomic E-state index is 10.9. The third-order valence-electron chi connectivity index (χ3n) is 3.26. The van der Waals surface area contributed by atoms with Crippen molar-refractivity contribution in [2.45, 2.75) is 19.4 Å². The van der Waals surface area contributed by atoms with E-state index in [0.29, 0.717) is 16.6 Å². The Morgan fingerprint density at radius 3 is 3.11 bits per heavy atom. The first-order chi connectivity index (χ1) is 9.19. The summed E-state index contributed by atoms with van der Waals surface area (Å²) in [6, 6.07) is 5.69. The summed E-state index contributed by atoms with van der Waals surface area (Å²) in [6.45, 7) is 2.65. The number of rotatable bonds is 2. The number of carbonyl (C=O) groups excluding carboxylic acids is 1. The van der Waals surface area contributed by atoms with Crippen molar-refractivity contribution in [3.8, 4) is 0 Å². The zero-order valence-electron chi connectivity index (χ0n) is 10.4. The molecular formula is C14H12ClNO2S. The Morgan fingerprint density at radius 1 is 1.53 bits per heavy atom. The van der Waals surface area contributed by atoms with E-state index in [1.165, 1.54) is 16.9 Å². The number of thiophene rings is 1. The van der Waals surface area contributed by atoms with Crippen molar-refractivity contribution in [1.82, 2.24) is 4.98 Å². The van der Waals surface area contributed by atoms with Gasteiger partial charge in [0.25, 0.3) is 0 Å². The Kier molecular flexibility index (Phi) is 3.39. The Labute approximate surface area is 120 Å². The van der Waals surface area contributed by atoms with Crippen molar-refractivity contribution in [1.29, 1.82) is 0 Å². The van der Waals surface area contributed by atoms with Crippen molar-refractivity contribution in [2.24, 2.45) is 0 Å². The number of hydrogen-bond donors (Lipinski definition) is 0. The van der Waals surface area contributed by atoms with Gasteiger partial charge in [0.05, 0.1) is 17.2 Å². The van der Waals surface area contributed by atoms with Crippen molar-refractivity contribution in [3.05, 3.63) is 49.9 Å². The summed E-state index contributed by atoms with van der Waals surface area (Å²) in [6.07, 6.45) is 1.50. The minimum atomic E-state index is -0.215. The van der Waals surface area contributed by atoms with E-state index in [4.69, 9.17) is 16.3 Å². The molecule has 0 N–H and O–H groups in total. The first kappa shape index (κ1) is 12.8. The molecule has 3 heterocycles. The van der Waals surface area contributed by atoms with Gasteiger partial charge in [0, 0.05) is 10.4 Å². The van der Waals surface area contributed by atoms with Gasteiger partial charge in [0.2, 0.25) is 0 Å². The summed E-state index contributed by atoms with van der Waals surface area (Å²) < 4.78 is 5.85. The second-order valence-electron chi connectivity index (χ2n) is 4.46. The number of aryl methyl sites for hydroxylation is 1. The van der Waals surface area contributed by atoms with Crippen LogP contribution >= 0.6 is 22.9 Å². The zero-order valence-corrected chi connectivity index (χ0v) is 11.9. The number of carbonyl (C=O) groups is 1. The van der Waals surface area contributed by atoms with Crippen LogP contribution in [0.1, 0.15) is 37.5 Å². The average Bonchev–Trinajstić information content (AvgIpc) is 2.79. The molecule has 19 heavy (non-hydrogen) atoms. The molecule has 3 nitrogen and oxygen atoms in total. The number of aldehydes is 1. The van der Waals surface area contributed by atoms with Crippen LogP contribution in [0.25, 0.3) is 0 Å². The quantitative estimate of drug-likeness (QED) is 0.627. The lowest BCUT2D eigenvalue weighted by atomic mass is 9.98. The van der Waals surface area contributed by atoms with E-state index in [1.54, 1.807) is 6.07 Å². The molecule has 0 spiro atoms. The van der Waals surface area contributed by atoms with E-state index in [9.17, 15) is 4.79 Å². The number of fused-ring (bicyclic) bond motifs is 1. The van der Waals surface area contributed by atoms with Crippen LogP contribution < -0.4 is 0 Å². The maximum Gasteiger partial charge on any atom is 0.160 e. The molecule has 98 valence electrons. The van der Waals surface area contributed by atoms with E-state index in [0.717, 1.165) is 28.8 Å². The van der Waals surface area contributed by atoms with Crippen LogP contribution in [0.3, 0.4) is 0 Å². The highest BCUT2D eigenvalue weighted by Gasteiger charge is 2.27. The fraction of sp³-hybridized carbons (Fsp3) is 0.286. The van der Waals surface area contributed by atoms with Crippen LogP contribution in [-0.2, 0) is 11.2 Å². The smallest absolute Gasteiger partial charge is 0.160 e. The van der Waals surface area contributed by atoms with Crippen LogP contribution in [-0.4, -0.2) is 17.9 Å². The zero-order chi connectivity index (χ0) is 13.4. The molecule has 2 aromatic rings. The number of ether oxygens (including phenoxy) is 1. The van der Waals surface area contributed by atoms with Gasteiger partial charge in [0.15, 0.2) is 6.29 Å². The summed E-state index contributed by atoms with van der Waals surface area (Å²) in [5.74, 6) is 0. The topological polar surface area (TPSA) is 39.2 Å². The van der Waals surface area contributed by atoms with Gasteiger partial charge in [0.1, 0.15) is 11.3 Å². The van der Waals surface area contributed by atoms with E-state index in [1.807, 2.05) is 19.1 Å². The third-order valence-corrected chi connectivity index (χ3v) is 4.46. The molecule has 0 saturated carbocycles. The molecule has 0 fully saturated rings. The Hall–Kier alpha value is -1.23. The summed E-state index contributed by atoms with van der Waals surface area (Å²) in [5.41, 5.74) is 3.05. The van der Waals surface area contributed by atoms with Crippen molar-refractivity contribution >= 4 is 29.2 Å². The van der Waals surface area contributed by atoms with Crippen molar-refractivity contribution < 1.29 is 9.53 Å². The monoisotopic (exact) mass is 293 g/mol. The molecule has 2 aromatic heterocycles. The minimum absolute atomic E-state index is 0.215. The highest BCUT2D eigenvalue weighted by atomic mass is 35.5. The SMILES string of the molecule is Cc1sc(C=O)cc1C1OCCc2ccc(Cl)nc21. The van der Waals surface area contributed by atoms with Gasteiger partial charge in [-0.2, -0.15) is 0 Å². The standard InChI is InChI=1S/C14H12ClNO2S/c1-8-11(6-10(7-17)19-8)14-13-9(4-5-18-14)2-3-12(15)16-13/h2-3,6-7,14H,4-5H2,1H3. The molecule has 0 aliphatic carbocycles. The maximum absolute atomic E-state index is 10.9. The fourth-order valence-electron chi connectivity index (χ4n) is 2.36. The summed E-state index contributed by atoms with van der Waals surface area (Å²) >= 11 is 7.46. The molecule has 5 heteroatoms. The number of aromatic nitrogens is 1. The Balaban J connectivity index is 2.09. The molecule has 0 saturated heterocycles. The molecule has 0 amide bonds. The van der Waals surface area contributed by atoms with E-state index in [-0.39, 0.29) is 6.10 Å². The van der Waals surface area contributed by atoms with Crippen molar-refractivity contribution in [2.75, 3.05) is 6.61 Å². The van der Waals surface area contributed by atoms with Crippen LogP contribution in [0, 0.1) is 6.92 Å². The van der Waals surface area contributed by atoms with E-state index in [2.05, 4.69) is 4.98 Å². The largest absolute Gasteiger partial charge is 0.367 e. The van der Waals surface area contributed by atoms with E-state index >= 15 is 0 Å². The highest BCUT2D eigenvalue weighted by Crippen LogP contribution is 2.36. The lowest BCUT2D eigenvalue weighted by molar-refractivity contribution is 0.0663. The van der Waals surface area contributed by atoms with Crippen LogP contribution in [0.4, 0.5) is 0 Å². The van der Waals surface area contributed by atoms with Gasteiger partial charge in [-0.15, -0.1) is 11.3 Å². The first-order valence-electron chi connectivity index (χ1n) is 6.01. The van der Waals surface area contributed by atoms with Gasteiger partial charge in [-0.1, -0.05) is 17.7 Å². The molecule has 0 bridgehead atoms. The minimum Gasteiger partial charge on any atom is -0.367 e. The summed E-state index contributed by atoms with van der Waals surface area (Å²) in [4.78, 5) is 17.1. The molecule has 1 aliphatic heterocycles. The predicted octanol–water partition coefficient (Wildman–Crippen LogP) is 3.58. The molecule has 1 aliphatic rings. The van der Waals surface area contributed by atoms with Crippen LogP contribution in [0.2, 0.25) is 5.15 Å². The second-order valence-corrected chi connectivity index (χ2v) is 6.13. The van der Waals surface area contributed by atoms with Crippen LogP contribution in [0.15, 0.2) is 18.2 Å². The molecule has 1 unspecified atom stereocenters. The third kappa shape index (κ3) is 2.31. The van der Waals surface area contributed by atoms with Crippen molar-refractivity contribution in [3.63, 3.8) is 0 Å². The Bertz CT molecular complexity index is 638. The Morgan fingerprint density at radius 2 is 2.37 bits per heavy atom. The molecule has 0 aromatic carbocycles. The van der Waals surface area contributed by atoms with Gasteiger partial charge in [-0.25, -0.2) is 4.98 Å². The predicted molar refractivity (Wildman–Crippen MR) is 75.2 cm³/mol. The average molecular weight is 294 g/mol. The number of nitrogens with zero attached hydrogens (tertiary/aromatic N) is 1. The van der Waals surface area contributed by atoms with Gasteiger partial charge in [-0.3, -0.25) is 4.79 Å². The number of pyridine rings is 1. The molecular weight excluding hydrogens is 282 g/mol. The van der Waals surface area contributed by atoms with Gasteiger partial charge < -0.3 is 4.74 Å². The van der Waals surface area contributed by atoms with Crippen LogP contribution in [0.5, 0.6) is 0 Å². The molecule has 3 rings (SSSR count). The summed E-state index contributed by atoms with van der Waals surface area (Å²) in [5, 5.41) is 0.470. The first-order valence-corrected chi connectivity index (χ1v) is 7.21. The lowest BCUT2D eigenvalue weighted by Gasteiger charge is -2.25. The number of hydrogen-bond acceptors (Lipinski definition) is 4. The molecule has 0 radical (unpaired) electrons. The summed E-state index contributed by atoms with van der Waals surface area (Å²) in [7, 11) is 0. The fourth-order valence-corrected chi connectivity index (χ4v) is 3.38. The molecule has 1 atom stereocenters. The highest BCUT2D eigenvalue weighted by molar-refractivity contribution is 7.13. The normalized spacial score (nSPS) is 18.1. The second kappa shape index (κ2) is 5.04. The number of halogens is 1. The van der Waals surface area contributed by atoms with Gasteiger partial charge in [-0.05, 0) is 31.0 Å².